The highest BCUT2D eigenvalue weighted by Crippen LogP contribution is 2.57. The van der Waals surface area contributed by atoms with Crippen molar-refractivity contribution in [2.45, 2.75) is 25.2 Å². The van der Waals surface area contributed by atoms with E-state index in [0.29, 0.717) is 46.5 Å². The van der Waals surface area contributed by atoms with Gasteiger partial charge < -0.3 is 33.5 Å². The van der Waals surface area contributed by atoms with Gasteiger partial charge in [0.2, 0.25) is 6.79 Å². The number of carbonyl (C=O) groups is 2. The van der Waals surface area contributed by atoms with E-state index in [1.54, 1.807) is 24.3 Å². The molecule has 2 aliphatic rings. The topological polar surface area (TPSA) is 110 Å². The van der Waals surface area contributed by atoms with Gasteiger partial charge in [0.25, 0.3) is 0 Å². The Balaban J connectivity index is 1.79. The Morgan fingerprint density at radius 3 is 2.46 bits per heavy atom. The summed E-state index contributed by atoms with van der Waals surface area (Å²) < 4.78 is 33.3. The quantitative estimate of drug-likeness (QED) is 0.380. The van der Waals surface area contributed by atoms with Crippen molar-refractivity contribution in [1.29, 1.82) is 0 Å². The SMILES string of the molecule is CCCOc1ccc2c(c1)CC(C(=O)O)C2(c1ccc2c(c1)OCO2)c1ccc(OC)cc1OCC(=O)OC. The summed E-state index contributed by atoms with van der Waals surface area (Å²) in [6.45, 7) is 2.30. The van der Waals surface area contributed by atoms with Gasteiger partial charge in [-0.1, -0.05) is 25.1 Å². The molecule has 39 heavy (non-hydrogen) atoms. The van der Waals surface area contributed by atoms with E-state index in [1.165, 1.54) is 14.2 Å². The van der Waals surface area contributed by atoms with Gasteiger partial charge in [-0.2, -0.15) is 0 Å². The molecular formula is C30H30O9. The molecule has 0 radical (unpaired) electrons. The molecule has 0 spiro atoms. The highest BCUT2D eigenvalue weighted by atomic mass is 16.7. The number of hydrogen-bond donors (Lipinski definition) is 1. The predicted octanol–water partition coefficient (Wildman–Crippen LogP) is 4.36. The molecule has 3 aromatic rings. The van der Waals surface area contributed by atoms with E-state index < -0.39 is 23.3 Å². The van der Waals surface area contributed by atoms with Crippen molar-refractivity contribution in [2.75, 3.05) is 34.2 Å². The Hall–Kier alpha value is -4.40. The van der Waals surface area contributed by atoms with Gasteiger partial charge in [-0.05, 0) is 59.9 Å². The van der Waals surface area contributed by atoms with E-state index in [9.17, 15) is 14.7 Å². The largest absolute Gasteiger partial charge is 0.497 e. The van der Waals surface area contributed by atoms with E-state index in [0.717, 1.165) is 17.5 Å². The molecule has 0 saturated heterocycles. The molecule has 9 nitrogen and oxygen atoms in total. The summed E-state index contributed by atoms with van der Waals surface area (Å²) >= 11 is 0. The Kier molecular flexibility index (Phi) is 7.24. The maximum Gasteiger partial charge on any atom is 0.343 e. The smallest absolute Gasteiger partial charge is 0.343 e. The highest BCUT2D eigenvalue weighted by molar-refractivity contribution is 5.81. The van der Waals surface area contributed by atoms with Crippen LogP contribution in [0.15, 0.2) is 54.6 Å². The van der Waals surface area contributed by atoms with Crippen LogP contribution in [0.5, 0.6) is 28.7 Å². The molecular weight excluding hydrogens is 504 g/mol. The van der Waals surface area contributed by atoms with Crippen molar-refractivity contribution >= 4 is 11.9 Å². The molecule has 0 fully saturated rings. The van der Waals surface area contributed by atoms with Crippen molar-refractivity contribution in [1.82, 2.24) is 0 Å². The number of carboxylic acid groups (broad SMARTS) is 1. The Bertz CT molecular complexity index is 1400. The first-order valence-corrected chi connectivity index (χ1v) is 12.7. The summed E-state index contributed by atoms with van der Waals surface area (Å²) in [6, 6.07) is 16.4. The van der Waals surface area contributed by atoms with Crippen molar-refractivity contribution < 1.29 is 43.1 Å². The summed E-state index contributed by atoms with van der Waals surface area (Å²) in [4.78, 5) is 25.1. The van der Waals surface area contributed by atoms with Crippen molar-refractivity contribution in [3.05, 3.63) is 76.9 Å². The van der Waals surface area contributed by atoms with E-state index in [-0.39, 0.29) is 19.8 Å². The van der Waals surface area contributed by atoms with Gasteiger partial charge in [0.05, 0.1) is 32.2 Å². The van der Waals surface area contributed by atoms with Gasteiger partial charge in [0, 0.05) is 11.6 Å². The van der Waals surface area contributed by atoms with E-state index in [1.807, 2.05) is 37.3 Å². The van der Waals surface area contributed by atoms with Gasteiger partial charge in [-0.15, -0.1) is 0 Å². The molecule has 1 heterocycles. The fourth-order valence-electron chi connectivity index (χ4n) is 5.52. The zero-order valence-corrected chi connectivity index (χ0v) is 22.0. The van der Waals surface area contributed by atoms with E-state index >= 15 is 0 Å². The molecule has 3 aromatic carbocycles. The lowest BCUT2D eigenvalue weighted by Crippen LogP contribution is -2.39. The number of carbonyl (C=O) groups excluding carboxylic acids is 1. The number of fused-ring (bicyclic) bond motifs is 2. The Morgan fingerprint density at radius 2 is 1.72 bits per heavy atom. The van der Waals surface area contributed by atoms with Crippen molar-refractivity contribution in [2.24, 2.45) is 5.92 Å². The first-order chi connectivity index (χ1) is 18.9. The molecule has 204 valence electrons. The van der Waals surface area contributed by atoms with Crippen LogP contribution in [0.1, 0.15) is 35.6 Å². The van der Waals surface area contributed by atoms with Gasteiger partial charge in [0.1, 0.15) is 17.2 Å². The zero-order chi connectivity index (χ0) is 27.6. The number of benzene rings is 3. The number of rotatable bonds is 10. The van der Waals surface area contributed by atoms with Crippen LogP contribution in [0.25, 0.3) is 0 Å². The summed E-state index contributed by atoms with van der Waals surface area (Å²) in [5, 5.41) is 10.7. The Morgan fingerprint density at radius 1 is 0.949 bits per heavy atom. The van der Waals surface area contributed by atoms with Crippen LogP contribution < -0.4 is 23.7 Å². The number of hydrogen-bond acceptors (Lipinski definition) is 8. The summed E-state index contributed by atoms with van der Waals surface area (Å²) in [6.07, 6.45) is 1.10. The second kappa shape index (κ2) is 10.8. The Labute approximate surface area is 226 Å². The molecule has 9 heteroatoms. The molecule has 0 saturated carbocycles. The second-order valence-electron chi connectivity index (χ2n) is 9.37. The van der Waals surface area contributed by atoms with Crippen LogP contribution in [-0.4, -0.2) is 51.3 Å². The highest BCUT2D eigenvalue weighted by Gasteiger charge is 2.54. The maximum atomic E-state index is 13.0. The van der Waals surface area contributed by atoms with E-state index in [4.69, 9.17) is 28.4 Å². The van der Waals surface area contributed by atoms with Gasteiger partial charge in [-0.3, -0.25) is 4.79 Å². The van der Waals surface area contributed by atoms with Gasteiger partial charge in [-0.25, -0.2) is 4.79 Å². The monoisotopic (exact) mass is 534 g/mol. The summed E-state index contributed by atoms with van der Waals surface area (Å²) in [7, 11) is 2.80. The molecule has 5 rings (SSSR count). The number of aliphatic carboxylic acids is 1. The number of esters is 1. The lowest BCUT2D eigenvalue weighted by atomic mass is 9.64. The molecule has 0 amide bonds. The number of methoxy groups -OCH3 is 2. The normalized spacial score (nSPS) is 18.8. The molecule has 0 bridgehead atoms. The number of carboxylic acids is 1. The molecule has 0 aromatic heterocycles. The fourth-order valence-corrected chi connectivity index (χ4v) is 5.52. The zero-order valence-electron chi connectivity index (χ0n) is 22.0. The molecule has 1 aliphatic carbocycles. The van der Waals surface area contributed by atoms with Crippen LogP contribution in [-0.2, 0) is 26.2 Å². The van der Waals surface area contributed by atoms with Crippen LogP contribution in [0.2, 0.25) is 0 Å². The first-order valence-electron chi connectivity index (χ1n) is 12.7. The lowest BCUT2D eigenvalue weighted by Gasteiger charge is -2.37. The third-order valence-corrected chi connectivity index (χ3v) is 7.23. The second-order valence-corrected chi connectivity index (χ2v) is 9.37. The minimum Gasteiger partial charge on any atom is -0.497 e. The molecule has 1 aliphatic heterocycles. The molecule has 2 atom stereocenters. The third-order valence-electron chi connectivity index (χ3n) is 7.23. The van der Waals surface area contributed by atoms with E-state index in [2.05, 4.69) is 0 Å². The standard InChI is InChI=1S/C30H30O9/c1-4-11-36-21-7-8-22-18(12-21)13-24(29(32)33)30(22,19-5-10-25-27(14-19)39-17-38-25)23-9-6-20(34-2)15-26(23)37-16-28(31)35-3/h5-10,12,14-15,24H,4,11,13,16-17H2,1-3H3,(H,32,33). The third kappa shape index (κ3) is 4.58. The predicted molar refractivity (Wildman–Crippen MR) is 140 cm³/mol. The van der Waals surface area contributed by atoms with Gasteiger partial charge >= 0.3 is 11.9 Å². The molecule has 1 N–H and O–H groups in total. The van der Waals surface area contributed by atoms with Crippen molar-refractivity contribution in [3.63, 3.8) is 0 Å². The average molecular weight is 535 g/mol. The number of ether oxygens (including phenoxy) is 6. The molecule has 2 unspecified atom stereocenters. The first kappa shape index (κ1) is 26.2. The minimum atomic E-state index is -1.21. The van der Waals surface area contributed by atoms with Crippen LogP contribution >= 0.6 is 0 Å². The minimum absolute atomic E-state index is 0.0822. The maximum absolute atomic E-state index is 13.0. The van der Waals surface area contributed by atoms with Crippen LogP contribution in [0.4, 0.5) is 0 Å². The van der Waals surface area contributed by atoms with Crippen LogP contribution in [0, 0.1) is 5.92 Å². The summed E-state index contributed by atoms with van der Waals surface area (Å²) in [5.74, 6) is 0.129. The average Bonchev–Trinajstić information content (AvgIpc) is 3.57. The summed E-state index contributed by atoms with van der Waals surface area (Å²) in [5.41, 5.74) is 1.70. The van der Waals surface area contributed by atoms with Crippen molar-refractivity contribution in [3.8, 4) is 28.7 Å². The lowest BCUT2D eigenvalue weighted by molar-refractivity contribution is -0.144. The fraction of sp³-hybridized carbons (Fsp3) is 0.333. The van der Waals surface area contributed by atoms with Crippen LogP contribution in [0.3, 0.4) is 0 Å². The van der Waals surface area contributed by atoms with Gasteiger partial charge in [0.15, 0.2) is 18.1 Å².